The van der Waals surface area contributed by atoms with Gasteiger partial charge in [0.25, 0.3) is 0 Å². The molecule has 1 fully saturated rings. The molecule has 0 aliphatic heterocycles. The summed E-state index contributed by atoms with van der Waals surface area (Å²) in [5.41, 5.74) is 5.97. The Bertz CT molecular complexity index is 221. The van der Waals surface area contributed by atoms with Gasteiger partial charge < -0.3 is 10.6 Å². The Morgan fingerprint density at radius 1 is 1.44 bits per heavy atom. The van der Waals surface area contributed by atoms with Crippen molar-refractivity contribution in [3.63, 3.8) is 0 Å². The zero-order chi connectivity index (χ0) is 12.0. The standard InChI is InChI=1S/C13H27N3/c1-4-6-7-11(5-2)10-15-13(14)16(3)12-8-9-12/h11-12H,4-10H2,1-3H3,(H2,14,15). The van der Waals surface area contributed by atoms with E-state index in [2.05, 4.69) is 30.8 Å². The second-order valence-electron chi connectivity index (χ2n) is 4.96. The summed E-state index contributed by atoms with van der Waals surface area (Å²) in [6.45, 7) is 5.39. The molecule has 0 amide bonds. The monoisotopic (exact) mass is 225 g/mol. The Morgan fingerprint density at radius 2 is 2.12 bits per heavy atom. The van der Waals surface area contributed by atoms with Crippen LogP contribution in [0.2, 0.25) is 0 Å². The van der Waals surface area contributed by atoms with E-state index < -0.39 is 0 Å². The smallest absolute Gasteiger partial charge is 0.191 e. The van der Waals surface area contributed by atoms with Crippen LogP contribution in [0.1, 0.15) is 52.4 Å². The van der Waals surface area contributed by atoms with Gasteiger partial charge in [0.15, 0.2) is 5.96 Å². The number of nitrogens with two attached hydrogens (primary N) is 1. The van der Waals surface area contributed by atoms with Crippen LogP contribution in [-0.4, -0.2) is 30.5 Å². The van der Waals surface area contributed by atoms with Gasteiger partial charge in [-0.15, -0.1) is 0 Å². The van der Waals surface area contributed by atoms with Crippen molar-refractivity contribution in [1.82, 2.24) is 4.90 Å². The van der Waals surface area contributed by atoms with Crippen molar-refractivity contribution < 1.29 is 0 Å². The average Bonchev–Trinajstić information content (AvgIpc) is 3.12. The maximum absolute atomic E-state index is 5.97. The predicted octanol–water partition coefficient (Wildman–Crippen LogP) is 2.61. The zero-order valence-corrected chi connectivity index (χ0v) is 11.1. The van der Waals surface area contributed by atoms with Crippen LogP contribution in [0.15, 0.2) is 4.99 Å². The van der Waals surface area contributed by atoms with E-state index in [9.17, 15) is 0 Å². The summed E-state index contributed by atoms with van der Waals surface area (Å²) in [6.07, 6.45) is 7.64. The highest BCUT2D eigenvalue weighted by Crippen LogP contribution is 2.25. The number of nitrogens with zero attached hydrogens (tertiary/aromatic N) is 2. The van der Waals surface area contributed by atoms with E-state index in [1.807, 2.05) is 0 Å². The summed E-state index contributed by atoms with van der Waals surface area (Å²) in [5.74, 6) is 1.45. The largest absolute Gasteiger partial charge is 0.370 e. The van der Waals surface area contributed by atoms with E-state index in [4.69, 9.17) is 5.73 Å². The van der Waals surface area contributed by atoms with Crippen molar-refractivity contribution in [3.8, 4) is 0 Å². The quantitative estimate of drug-likeness (QED) is 0.534. The highest BCUT2D eigenvalue weighted by molar-refractivity contribution is 5.78. The first kappa shape index (κ1) is 13.3. The van der Waals surface area contributed by atoms with E-state index >= 15 is 0 Å². The zero-order valence-electron chi connectivity index (χ0n) is 11.1. The fourth-order valence-corrected chi connectivity index (χ4v) is 1.90. The molecule has 2 N–H and O–H groups in total. The van der Waals surface area contributed by atoms with Crippen molar-refractivity contribution in [2.75, 3.05) is 13.6 Å². The molecule has 1 atom stereocenters. The van der Waals surface area contributed by atoms with Gasteiger partial charge in [-0.3, -0.25) is 4.99 Å². The van der Waals surface area contributed by atoms with Gasteiger partial charge in [-0.1, -0.05) is 33.1 Å². The van der Waals surface area contributed by atoms with Gasteiger partial charge in [0.05, 0.1) is 0 Å². The lowest BCUT2D eigenvalue weighted by molar-refractivity contribution is 0.449. The van der Waals surface area contributed by atoms with Crippen LogP contribution in [-0.2, 0) is 0 Å². The molecule has 0 aromatic heterocycles. The number of guanidine groups is 1. The second kappa shape index (κ2) is 6.77. The van der Waals surface area contributed by atoms with Crippen LogP contribution in [0.5, 0.6) is 0 Å². The molecule has 0 radical (unpaired) electrons. The molecule has 1 aliphatic carbocycles. The number of aliphatic imine (C=N–C) groups is 1. The van der Waals surface area contributed by atoms with Crippen molar-refractivity contribution in [2.45, 2.75) is 58.4 Å². The number of hydrogen-bond donors (Lipinski definition) is 1. The summed E-state index contributed by atoms with van der Waals surface area (Å²) in [5, 5.41) is 0. The fraction of sp³-hybridized carbons (Fsp3) is 0.923. The van der Waals surface area contributed by atoms with Crippen LogP contribution in [0, 0.1) is 5.92 Å². The number of unbranched alkanes of at least 4 members (excludes halogenated alkanes) is 1. The maximum atomic E-state index is 5.97. The van der Waals surface area contributed by atoms with Gasteiger partial charge in [-0.2, -0.15) is 0 Å². The van der Waals surface area contributed by atoms with E-state index in [1.54, 1.807) is 0 Å². The van der Waals surface area contributed by atoms with Crippen molar-refractivity contribution in [2.24, 2.45) is 16.6 Å². The summed E-state index contributed by atoms with van der Waals surface area (Å²) in [6, 6.07) is 0.666. The lowest BCUT2D eigenvalue weighted by Crippen LogP contribution is -2.36. The first-order chi connectivity index (χ1) is 7.69. The normalized spacial score (nSPS) is 18.6. The maximum Gasteiger partial charge on any atom is 0.191 e. The molecule has 0 bridgehead atoms. The minimum Gasteiger partial charge on any atom is -0.370 e. The summed E-state index contributed by atoms with van der Waals surface area (Å²) < 4.78 is 0. The van der Waals surface area contributed by atoms with Crippen molar-refractivity contribution in [1.29, 1.82) is 0 Å². The van der Waals surface area contributed by atoms with E-state index in [-0.39, 0.29) is 0 Å². The molecular formula is C13H27N3. The Balaban J connectivity index is 2.30. The molecule has 1 saturated carbocycles. The van der Waals surface area contributed by atoms with Gasteiger partial charge in [0.1, 0.15) is 0 Å². The summed E-state index contributed by atoms with van der Waals surface area (Å²) in [7, 11) is 2.06. The van der Waals surface area contributed by atoms with Gasteiger partial charge in [0, 0.05) is 19.6 Å². The van der Waals surface area contributed by atoms with Crippen molar-refractivity contribution >= 4 is 5.96 Å². The molecule has 1 unspecified atom stereocenters. The minimum absolute atomic E-state index is 0.666. The first-order valence-corrected chi connectivity index (χ1v) is 6.71. The Morgan fingerprint density at radius 3 is 2.62 bits per heavy atom. The number of hydrogen-bond acceptors (Lipinski definition) is 1. The molecule has 1 rings (SSSR count). The Hall–Kier alpha value is -0.730. The predicted molar refractivity (Wildman–Crippen MR) is 70.6 cm³/mol. The topological polar surface area (TPSA) is 41.6 Å². The summed E-state index contributed by atoms with van der Waals surface area (Å²) >= 11 is 0. The highest BCUT2D eigenvalue weighted by atomic mass is 15.3. The van der Waals surface area contributed by atoms with Crippen LogP contribution in [0.4, 0.5) is 0 Å². The van der Waals surface area contributed by atoms with E-state index in [1.165, 1.54) is 38.5 Å². The van der Waals surface area contributed by atoms with E-state index in [0.717, 1.165) is 12.5 Å². The molecule has 0 aromatic carbocycles. The third-order valence-corrected chi connectivity index (χ3v) is 3.51. The lowest BCUT2D eigenvalue weighted by atomic mass is 10.00. The van der Waals surface area contributed by atoms with Crippen LogP contribution < -0.4 is 5.73 Å². The minimum atomic E-state index is 0.666. The highest BCUT2D eigenvalue weighted by Gasteiger charge is 2.27. The molecule has 16 heavy (non-hydrogen) atoms. The third-order valence-electron chi connectivity index (χ3n) is 3.51. The molecule has 0 aromatic rings. The Kier molecular flexibility index (Phi) is 5.64. The van der Waals surface area contributed by atoms with Crippen molar-refractivity contribution in [3.05, 3.63) is 0 Å². The molecule has 3 nitrogen and oxygen atoms in total. The lowest BCUT2D eigenvalue weighted by Gasteiger charge is -2.18. The van der Waals surface area contributed by atoms with E-state index in [0.29, 0.717) is 12.0 Å². The van der Waals surface area contributed by atoms with Gasteiger partial charge in [-0.25, -0.2) is 0 Å². The second-order valence-corrected chi connectivity index (χ2v) is 4.96. The first-order valence-electron chi connectivity index (χ1n) is 6.71. The summed E-state index contributed by atoms with van der Waals surface area (Å²) in [4.78, 5) is 6.66. The van der Waals surface area contributed by atoms with Crippen LogP contribution in [0.3, 0.4) is 0 Å². The fourth-order valence-electron chi connectivity index (χ4n) is 1.90. The molecule has 0 heterocycles. The molecule has 0 saturated heterocycles. The Labute approximate surface area is 100 Å². The van der Waals surface area contributed by atoms with Gasteiger partial charge in [-0.05, 0) is 25.2 Å². The van der Waals surface area contributed by atoms with Gasteiger partial charge >= 0.3 is 0 Å². The molecule has 3 heteroatoms. The molecule has 1 aliphatic rings. The SMILES string of the molecule is CCCCC(CC)CN=C(N)N(C)C1CC1. The average molecular weight is 225 g/mol. The third kappa shape index (κ3) is 4.42. The molecule has 0 spiro atoms. The molecular weight excluding hydrogens is 198 g/mol. The molecule has 94 valence electrons. The van der Waals surface area contributed by atoms with Crippen LogP contribution in [0.25, 0.3) is 0 Å². The number of rotatable bonds is 7. The van der Waals surface area contributed by atoms with Crippen LogP contribution >= 0.6 is 0 Å². The van der Waals surface area contributed by atoms with Gasteiger partial charge in [0.2, 0.25) is 0 Å².